The summed E-state index contributed by atoms with van der Waals surface area (Å²) in [5, 5.41) is 2.92. The van der Waals surface area contributed by atoms with Gasteiger partial charge in [-0.1, -0.05) is 41.0 Å². The number of hydrogen-bond donors (Lipinski definition) is 1. The topological polar surface area (TPSA) is 49.4 Å². The Morgan fingerprint density at radius 3 is 2.30 bits per heavy atom. The number of piperazine rings is 1. The first kappa shape index (κ1) is 17.0. The van der Waals surface area contributed by atoms with Gasteiger partial charge in [-0.2, -0.15) is 0 Å². The summed E-state index contributed by atoms with van der Waals surface area (Å²) in [6.45, 7) is 13.0. The lowest BCUT2D eigenvalue weighted by molar-refractivity contribution is -0.155. The number of rotatable bonds is 5. The van der Waals surface area contributed by atoms with E-state index in [0.717, 1.165) is 19.3 Å². The molecule has 0 spiro atoms. The summed E-state index contributed by atoms with van der Waals surface area (Å²) < 4.78 is 0. The lowest BCUT2D eigenvalue weighted by atomic mass is 9.88. The first-order chi connectivity index (χ1) is 9.14. The lowest BCUT2D eigenvalue weighted by Crippen LogP contribution is -2.69. The van der Waals surface area contributed by atoms with Crippen LogP contribution in [0.5, 0.6) is 0 Å². The molecule has 0 aromatic rings. The Morgan fingerprint density at radius 1 is 1.25 bits per heavy atom. The van der Waals surface area contributed by atoms with Gasteiger partial charge in [0.2, 0.25) is 11.8 Å². The van der Waals surface area contributed by atoms with Crippen molar-refractivity contribution in [2.45, 2.75) is 78.8 Å². The molecule has 2 amide bonds. The molecule has 116 valence electrons. The van der Waals surface area contributed by atoms with E-state index in [1.165, 1.54) is 0 Å². The van der Waals surface area contributed by atoms with Crippen LogP contribution in [0.4, 0.5) is 0 Å². The molecule has 4 nitrogen and oxygen atoms in total. The monoisotopic (exact) mass is 282 g/mol. The molecule has 0 aliphatic carbocycles. The van der Waals surface area contributed by atoms with Gasteiger partial charge in [0.1, 0.15) is 11.6 Å². The number of nitrogens with one attached hydrogen (secondary N) is 1. The van der Waals surface area contributed by atoms with Crippen LogP contribution in [0.2, 0.25) is 0 Å². The predicted molar refractivity (Wildman–Crippen MR) is 81.3 cm³/mol. The van der Waals surface area contributed by atoms with Gasteiger partial charge in [0.25, 0.3) is 0 Å². The molecule has 1 saturated heterocycles. The number of nitrogens with zero attached hydrogens (tertiary/aromatic N) is 1. The number of amides is 2. The van der Waals surface area contributed by atoms with E-state index >= 15 is 0 Å². The highest BCUT2D eigenvalue weighted by Gasteiger charge is 2.46. The van der Waals surface area contributed by atoms with E-state index < -0.39 is 5.54 Å². The smallest absolute Gasteiger partial charge is 0.248 e. The molecule has 4 heteroatoms. The van der Waals surface area contributed by atoms with E-state index in [-0.39, 0.29) is 23.3 Å². The third-order valence-electron chi connectivity index (χ3n) is 4.18. The molecule has 20 heavy (non-hydrogen) atoms. The highest BCUT2D eigenvalue weighted by atomic mass is 16.2. The van der Waals surface area contributed by atoms with Crippen LogP contribution in [0.25, 0.3) is 0 Å². The van der Waals surface area contributed by atoms with E-state index in [0.29, 0.717) is 13.0 Å². The zero-order chi connectivity index (χ0) is 15.6. The van der Waals surface area contributed by atoms with Crippen molar-refractivity contribution in [1.82, 2.24) is 10.2 Å². The second kappa shape index (κ2) is 6.15. The largest absolute Gasteiger partial charge is 0.340 e. The molecule has 1 aliphatic rings. The maximum Gasteiger partial charge on any atom is 0.248 e. The SMILES string of the molecule is CCCC1C(=O)NC(C)(CC)C(=O)N1CCC(C)(C)C. The van der Waals surface area contributed by atoms with Gasteiger partial charge in [0.05, 0.1) is 0 Å². The van der Waals surface area contributed by atoms with E-state index in [1.807, 2.05) is 25.7 Å². The summed E-state index contributed by atoms with van der Waals surface area (Å²) in [5.41, 5.74) is -0.577. The van der Waals surface area contributed by atoms with Gasteiger partial charge in [-0.25, -0.2) is 0 Å². The first-order valence-corrected chi connectivity index (χ1v) is 7.77. The van der Waals surface area contributed by atoms with Crippen molar-refractivity contribution in [3.63, 3.8) is 0 Å². The molecule has 1 rings (SSSR count). The van der Waals surface area contributed by atoms with Gasteiger partial charge in [-0.3, -0.25) is 9.59 Å². The van der Waals surface area contributed by atoms with Crippen LogP contribution < -0.4 is 5.32 Å². The van der Waals surface area contributed by atoms with Crippen LogP contribution in [0, 0.1) is 5.41 Å². The standard InChI is InChI=1S/C16H30N2O2/c1-7-9-12-13(19)17-16(6,8-2)14(20)18(12)11-10-15(3,4)5/h12H,7-11H2,1-6H3,(H,17,19). The van der Waals surface area contributed by atoms with E-state index in [9.17, 15) is 9.59 Å². The van der Waals surface area contributed by atoms with Crippen molar-refractivity contribution in [3.05, 3.63) is 0 Å². The van der Waals surface area contributed by atoms with Crippen LogP contribution in [-0.4, -0.2) is 34.8 Å². The molecule has 0 aromatic heterocycles. The summed E-state index contributed by atoms with van der Waals surface area (Å²) >= 11 is 0. The Bertz CT molecular complexity index is 373. The third-order valence-corrected chi connectivity index (χ3v) is 4.18. The Hall–Kier alpha value is -1.06. The Balaban J connectivity index is 2.96. The van der Waals surface area contributed by atoms with Gasteiger partial charge < -0.3 is 10.2 Å². The second-order valence-electron chi connectivity index (χ2n) is 7.29. The average Bonchev–Trinajstić information content (AvgIpc) is 2.34. The van der Waals surface area contributed by atoms with Gasteiger partial charge in [-0.05, 0) is 31.6 Å². The summed E-state index contributed by atoms with van der Waals surface area (Å²) in [7, 11) is 0. The molecular weight excluding hydrogens is 252 g/mol. The van der Waals surface area contributed by atoms with Crippen LogP contribution in [0.1, 0.15) is 67.2 Å². The predicted octanol–water partition coefficient (Wildman–Crippen LogP) is 2.72. The fourth-order valence-electron chi connectivity index (χ4n) is 2.52. The fourth-order valence-corrected chi connectivity index (χ4v) is 2.52. The van der Waals surface area contributed by atoms with Crippen LogP contribution in [-0.2, 0) is 9.59 Å². The van der Waals surface area contributed by atoms with Crippen LogP contribution >= 0.6 is 0 Å². The van der Waals surface area contributed by atoms with Gasteiger partial charge in [0, 0.05) is 6.54 Å². The summed E-state index contributed by atoms with van der Waals surface area (Å²) in [6.07, 6.45) is 3.18. The molecule has 0 bridgehead atoms. The van der Waals surface area contributed by atoms with E-state index in [2.05, 4.69) is 26.1 Å². The van der Waals surface area contributed by atoms with E-state index in [4.69, 9.17) is 0 Å². The zero-order valence-electron chi connectivity index (χ0n) is 13.9. The molecular formula is C16H30N2O2. The molecule has 2 atom stereocenters. The zero-order valence-corrected chi connectivity index (χ0v) is 13.9. The minimum Gasteiger partial charge on any atom is -0.340 e. The van der Waals surface area contributed by atoms with Crippen molar-refractivity contribution >= 4 is 11.8 Å². The Labute approximate surface area is 123 Å². The second-order valence-corrected chi connectivity index (χ2v) is 7.29. The Morgan fingerprint density at radius 2 is 1.85 bits per heavy atom. The molecule has 0 radical (unpaired) electrons. The highest BCUT2D eigenvalue weighted by Crippen LogP contribution is 2.26. The normalized spacial score (nSPS) is 27.7. The van der Waals surface area contributed by atoms with Crippen molar-refractivity contribution in [1.29, 1.82) is 0 Å². The number of carbonyl (C=O) groups excluding carboxylic acids is 2. The number of carbonyl (C=O) groups is 2. The minimum absolute atomic E-state index is 0.00436. The third kappa shape index (κ3) is 3.74. The van der Waals surface area contributed by atoms with Gasteiger partial charge in [0.15, 0.2) is 0 Å². The maximum atomic E-state index is 12.7. The summed E-state index contributed by atoms with van der Waals surface area (Å²) in [5.74, 6) is 0.0759. The maximum absolute atomic E-state index is 12.7. The lowest BCUT2D eigenvalue weighted by Gasteiger charge is -2.45. The van der Waals surface area contributed by atoms with Crippen LogP contribution in [0.15, 0.2) is 0 Å². The van der Waals surface area contributed by atoms with Crippen molar-refractivity contribution in [3.8, 4) is 0 Å². The Kier molecular flexibility index (Phi) is 5.22. The molecule has 1 heterocycles. The molecule has 2 unspecified atom stereocenters. The first-order valence-electron chi connectivity index (χ1n) is 7.77. The van der Waals surface area contributed by atoms with Gasteiger partial charge in [-0.15, -0.1) is 0 Å². The van der Waals surface area contributed by atoms with Crippen molar-refractivity contribution < 1.29 is 9.59 Å². The molecule has 1 N–H and O–H groups in total. The van der Waals surface area contributed by atoms with E-state index in [1.54, 1.807) is 0 Å². The van der Waals surface area contributed by atoms with Crippen LogP contribution in [0.3, 0.4) is 0 Å². The summed E-state index contributed by atoms with van der Waals surface area (Å²) in [4.78, 5) is 26.9. The van der Waals surface area contributed by atoms with Crippen molar-refractivity contribution in [2.75, 3.05) is 6.54 Å². The summed E-state index contributed by atoms with van der Waals surface area (Å²) in [6, 6.07) is -0.297. The molecule has 0 saturated carbocycles. The van der Waals surface area contributed by atoms with Gasteiger partial charge >= 0.3 is 0 Å². The molecule has 1 aliphatic heterocycles. The van der Waals surface area contributed by atoms with Crippen molar-refractivity contribution in [2.24, 2.45) is 5.41 Å². The molecule has 1 fully saturated rings. The number of hydrogen-bond acceptors (Lipinski definition) is 2. The minimum atomic E-state index is -0.737. The average molecular weight is 282 g/mol. The fraction of sp³-hybridized carbons (Fsp3) is 0.875. The highest BCUT2D eigenvalue weighted by molar-refractivity contribution is 5.99. The quantitative estimate of drug-likeness (QED) is 0.843. The molecule has 0 aromatic carbocycles.